The SMILES string of the molecule is CN=C(NCC1CCOc2ccccc21)N(C)Cc1ccc(OC)cc1OC.I. The molecular weight excluding hydrogens is 481 g/mol. The van der Waals surface area contributed by atoms with Crippen molar-refractivity contribution in [3.05, 3.63) is 53.6 Å². The quantitative estimate of drug-likeness (QED) is 0.363. The van der Waals surface area contributed by atoms with E-state index in [1.54, 1.807) is 14.2 Å². The van der Waals surface area contributed by atoms with Crippen LogP contribution in [0.2, 0.25) is 0 Å². The van der Waals surface area contributed by atoms with Gasteiger partial charge in [0.1, 0.15) is 17.2 Å². The standard InChI is InChI=1S/C22H29N3O3.HI/c1-23-22(24-14-16-11-12-28-20-8-6-5-7-19(16)20)25(2)15-17-9-10-18(26-3)13-21(17)27-4;/h5-10,13,16H,11-12,14-15H2,1-4H3,(H,23,24);1H. The molecule has 0 fully saturated rings. The second-order valence-corrected chi connectivity index (χ2v) is 6.83. The second-order valence-electron chi connectivity index (χ2n) is 6.83. The van der Waals surface area contributed by atoms with Crippen LogP contribution in [0.25, 0.3) is 0 Å². The van der Waals surface area contributed by atoms with Crippen LogP contribution in [-0.2, 0) is 6.54 Å². The van der Waals surface area contributed by atoms with E-state index < -0.39 is 0 Å². The molecule has 158 valence electrons. The Bertz CT molecular complexity index is 829. The van der Waals surface area contributed by atoms with Crippen molar-refractivity contribution in [2.45, 2.75) is 18.9 Å². The zero-order valence-electron chi connectivity index (χ0n) is 17.5. The first-order chi connectivity index (χ1) is 13.7. The Morgan fingerprint density at radius 2 is 2.00 bits per heavy atom. The number of aliphatic imine (C=N–C) groups is 1. The number of fused-ring (bicyclic) bond motifs is 1. The maximum atomic E-state index is 5.77. The molecule has 0 aliphatic carbocycles. The van der Waals surface area contributed by atoms with Gasteiger partial charge in [-0.1, -0.05) is 18.2 Å². The maximum Gasteiger partial charge on any atom is 0.193 e. The molecule has 29 heavy (non-hydrogen) atoms. The second kappa shape index (κ2) is 11.1. The van der Waals surface area contributed by atoms with Crippen LogP contribution >= 0.6 is 24.0 Å². The van der Waals surface area contributed by atoms with E-state index >= 15 is 0 Å². The van der Waals surface area contributed by atoms with Gasteiger partial charge >= 0.3 is 0 Å². The molecule has 1 unspecified atom stereocenters. The number of halogens is 1. The van der Waals surface area contributed by atoms with Crippen molar-refractivity contribution in [2.75, 3.05) is 41.5 Å². The summed E-state index contributed by atoms with van der Waals surface area (Å²) in [5.41, 5.74) is 2.33. The van der Waals surface area contributed by atoms with Crippen molar-refractivity contribution in [1.82, 2.24) is 10.2 Å². The van der Waals surface area contributed by atoms with E-state index in [9.17, 15) is 0 Å². The first-order valence-corrected chi connectivity index (χ1v) is 9.50. The Kier molecular flexibility index (Phi) is 8.88. The van der Waals surface area contributed by atoms with E-state index in [1.807, 2.05) is 44.4 Å². The molecule has 0 radical (unpaired) electrons. The van der Waals surface area contributed by atoms with Gasteiger partial charge in [0.15, 0.2) is 5.96 Å². The highest BCUT2D eigenvalue weighted by atomic mass is 127. The molecule has 0 amide bonds. The lowest BCUT2D eigenvalue weighted by atomic mass is 9.93. The van der Waals surface area contributed by atoms with Crippen LogP contribution in [0.3, 0.4) is 0 Å². The van der Waals surface area contributed by atoms with Crippen molar-refractivity contribution >= 4 is 29.9 Å². The first-order valence-electron chi connectivity index (χ1n) is 9.50. The van der Waals surface area contributed by atoms with Crippen LogP contribution in [0.4, 0.5) is 0 Å². The highest BCUT2D eigenvalue weighted by Gasteiger charge is 2.21. The van der Waals surface area contributed by atoms with Crippen molar-refractivity contribution < 1.29 is 14.2 Å². The van der Waals surface area contributed by atoms with Crippen LogP contribution in [0.1, 0.15) is 23.5 Å². The molecule has 7 heteroatoms. The lowest BCUT2D eigenvalue weighted by Gasteiger charge is -2.28. The Hall–Kier alpha value is -2.16. The van der Waals surface area contributed by atoms with Gasteiger partial charge in [-0.3, -0.25) is 4.99 Å². The number of nitrogens with zero attached hydrogens (tertiary/aromatic N) is 2. The van der Waals surface area contributed by atoms with Crippen molar-refractivity contribution in [1.29, 1.82) is 0 Å². The van der Waals surface area contributed by atoms with Crippen LogP contribution in [-0.4, -0.2) is 52.3 Å². The fraction of sp³-hybridized carbons (Fsp3) is 0.409. The molecule has 1 heterocycles. The summed E-state index contributed by atoms with van der Waals surface area (Å²) in [5, 5.41) is 3.51. The summed E-state index contributed by atoms with van der Waals surface area (Å²) < 4.78 is 16.6. The fourth-order valence-electron chi connectivity index (χ4n) is 3.54. The average molecular weight is 511 g/mol. The van der Waals surface area contributed by atoms with Gasteiger partial charge in [0.25, 0.3) is 0 Å². The Balaban J connectivity index is 0.00000300. The topological polar surface area (TPSA) is 55.3 Å². The van der Waals surface area contributed by atoms with Gasteiger partial charge in [-0.2, -0.15) is 0 Å². The summed E-state index contributed by atoms with van der Waals surface area (Å²) in [7, 11) is 7.16. The number of benzene rings is 2. The van der Waals surface area contributed by atoms with Gasteiger partial charge in [0.05, 0.1) is 20.8 Å². The molecule has 2 aromatic rings. The zero-order chi connectivity index (χ0) is 19.9. The molecular formula is C22H30IN3O3. The molecule has 6 nitrogen and oxygen atoms in total. The number of guanidine groups is 1. The summed E-state index contributed by atoms with van der Waals surface area (Å²) in [6.07, 6.45) is 0.997. The van der Waals surface area contributed by atoms with E-state index in [-0.39, 0.29) is 24.0 Å². The lowest BCUT2D eigenvalue weighted by molar-refractivity contribution is 0.266. The highest BCUT2D eigenvalue weighted by Crippen LogP contribution is 2.32. The Morgan fingerprint density at radius 3 is 2.72 bits per heavy atom. The minimum absolute atomic E-state index is 0. The van der Waals surface area contributed by atoms with Crippen molar-refractivity contribution in [3.8, 4) is 17.2 Å². The molecule has 0 saturated heterocycles. The predicted molar refractivity (Wildman–Crippen MR) is 127 cm³/mol. The van der Waals surface area contributed by atoms with Gasteiger partial charge in [0.2, 0.25) is 0 Å². The molecule has 2 aromatic carbocycles. The number of hydrogen-bond acceptors (Lipinski definition) is 4. The third kappa shape index (κ3) is 5.68. The zero-order valence-corrected chi connectivity index (χ0v) is 19.8. The molecule has 0 saturated carbocycles. The number of para-hydroxylation sites is 1. The summed E-state index contributed by atoms with van der Waals surface area (Å²) in [5.74, 6) is 3.84. The minimum Gasteiger partial charge on any atom is -0.497 e. The van der Waals surface area contributed by atoms with Crippen molar-refractivity contribution in [3.63, 3.8) is 0 Å². The van der Waals surface area contributed by atoms with Crippen LogP contribution < -0.4 is 19.5 Å². The molecule has 0 bridgehead atoms. The number of rotatable bonds is 6. The summed E-state index contributed by atoms with van der Waals surface area (Å²) >= 11 is 0. The van der Waals surface area contributed by atoms with E-state index in [1.165, 1.54) is 5.56 Å². The molecule has 0 aromatic heterocycles. The van der Waals surface area contributed by atoms with Crippen molar-refractivity contribution in [2.24, 2.45) is 4.99 Å². The van der Waals surface area contributed by atoms with Gasteiger partial charge in [0, 0.05) is 44.7 Å². The number of nitrogens with one attached hydrogen (secondary N) is 1. The van der Waals surface area contributed by atoms with Gasteiger partial charge in [-0.15, -0.1) is 24.0 Å². The smallest absolute Gasteiger partial charge is 0.193 e. The molecule has 1 aliphatic heterocycles. The fourth-order valence-corrected chi connectivity index (χ4v) is 3.54. The molecule has 1 atom stereocenters. The van der Waals surface area contributed by atoms with Crippen LogP contribution in [0, 0.1) is 0 Å². The van der Waals surface area contributed by atoms with Crippen LogP contribution in [0.5, 0.6) is 17.2 Å². The van der Waals surface area contributed by atoms with E-state index in [0.29, 0.717) is 12.5 Å². The number of hydrogen-bond donors (Lipinski definition) is 1. The average Bonchev–Trinajstić information content (AvgIpc) is 2.74. The first kappa shape index (κ1) is 23.1. The third-order valence-electron chi connectivity index (χ3n) is 5.06. The van der Waals surface area contributed by atoms with E-state index in [0.717, 1.165) is 48.3 Å². The highest BCUT2D eigenvalue weighted by molar-refractivity contribution is 14.0. The van der Waals surface area contributed by atoms with Crippen LogP contribution in [0.15, 0.2) is 47.5 Å². The predicted octanol–water partition coefficient (Wildman–Crippen LogP) is 3.90. The summed E-state index contributed by atoms with van der Waals surface area (Å²) in [6, 6.07) is 14.1. The van der Waals surface area contributed by atoms with Gasteiger partial charge < -0.3 is 24.4 Å². The summed E-state index contributed by atoms with van der Waals surface area (Å²) in [6.45, 7) is 2.25. The minimum atomic E-state index is 0. The normalized spacial score (nSPS) is 15.4. The number of methoxy groups -OCH3 is 2. The largest absolute Gasteiger partial charge is 0.497 e. The maximum absolute atomic E-state index is 5.77. The molecule has 0 spiro atoms. The monoisotopic (exact) mass is 511 g/mol. The molecule has 1 aliphatic rings. The molecule has 3 rings (SSSR count). The lowest BCUT2D eigenvalue weighted by Crippen LogP contribution is -2.41. The third-order valence-corrected chi connectivity index (χ3v) is 5.06. The number of ether oxygens (including phenoxy) is 3. The Morgan fingerprint density at radius 1 is 1.21 bits per heavy atom. The Labute approximate surface area is 190 Å². The summed E-state index contributed by atoms with van der Waals surface area (Å²) in [4.78, 5) is 6.54. The molecule has 1 N–H and O–H groups in total. The van der Waals surface area contributed by atoms with E-state index in [2.05, 4.69) is 27.3 Å². The van der Waals surface area contributed by atoms with Gasteiger partial charge in [-0.25, -0.2) is 0 Å². The van der Waals surface area contributed by atoms with E-state index in [4.69, 9.17) is 14.2 Å². The van der Waals surface area contributed by atoms with Gasteiger partial charge in [-0.05, 0) is 30.2 Å².